The lowest BCUT2D eigenvalue weighted by molar-refractivity contribution is 0.396. The summed E-state index contributed by atoms with van der Waals surface area (Å²) in [6.07, 6.45) is 0.969. The van der Waals surface area contributed by atoms with E-state index in [0.29, 0.717) is 21.9 Å². The predicted octanol–water partition coefficient (Wildman–Crippen LogP) is 5.46. The van der Waals surface area contributed by atoms with Gasteiger partial charge in [0.05, 0.1) is 11.6 Å². The number of hydrogen-bond acceptors (Lipinski definition) is 4. The average Bonchev–Trinajstić information content (AvgIpc) is 3.22. The molecule has 0 radical (unpaired) electrons. The Bertz CT molecular complexity index is 1050. The van der Waals surface area contributed by atoms with Gasteiger partial charge in [0.1, 0.15) is 0 Å². The highest BCUT2D eigenvalue weighted by atomic mass is 35.5. The first-order valence-corrected chi connectivity index (χ1v) is 10.3. The van der Waals surface area contributed by atoms with Crippen molar-refractivity contribution < 1.29 is 4.52 Å². The molecule has 29 heavy (non-hydrogen) atoms. The standard InChI is InChI=1S/C22H21ClN4OS/c1-3-13-27-14(2)18(19(24-22(27)29)15-9-11-17(23)12-10-15)21-25-20(26-28-21)16-7-5-4-6-8-16/h4-12,19H,3,13H2,1-2H3,(H,24,29). The molecule has 1 atom stereocenters. The van der Waals surface area contributed by atoms with Crippen LogP contribution in [-0.2, 0) is 0 Å². The molecule has 1 aromatic heterocycles. The molecule has 1 aliphatic heterocycles. The molecule has 0 bridgehead atoms. The minimum absolute atomic E-state index is 0.197. The van der Waals surface area contributed by atoms with Gasteiger partial charge < -0.3 is 14.7 Å². The largest absolute Gasteiger partial charge is 0.351 e. The van der Waals surface area contributed by atoms with Crippen LogP contribution in [0.5, 0.6) is 0 Å². The maximum absolute atomic E-state index is 6.09. The first-order valence-electron chi connectivity index (χ1n) is 9.52. The second-order valence-electron chi connectivity index (χ2n) is 6.87. The highest BCUT2D eigenvalue weighted by molar-refractivity contribution is 7.80. The fraction of sp³-hybridized carbons (Fsp3) is 0.227. The fourth-order valence-electron chi connectivity index (χ4n) is 3.49. The van der Waals surface area contributed by atoms with Crippen molar-refractivity contribution in [1.29, 1.82) is 0 Å². The van der Waals surface area contributed by atoms with Gasteiger partial charge in [0.15, 0.2) is 5.11 Å². The van der Waals surface area contributed by atoms with Crippen molar-refractivity contribution in [2.75, 3.05) is 6.54 Å². The van der Waals surface area contributed by atoms with Crippen LogP contribution in [0.2, 0.25) is 5.02 Å². The lowest BCUT2D eigenvalue weighted by atomic mass is 9.95. The summed E-state index contributed by atoms with van der Waals surface area (Å²) in [7, 11) is 0. The number of rotatable bonds is 5. The van der Waals surface area contributed by atoms with Crippen LogP contribution in [0, 0.1) is 0 Å². The second kappa shape index (κ2) is 8.35. The predicted molar refractivity (Wildman–Crippen MR) is 119 cm³/mol. The van der Waals surface area contributed by atoms with E-state index in [1.807, 2.05) is 61.5 Å². The number of nitrogens with one attached hydrogen (secondary N) is 1. The number of allylic oxidation sites excluding steroid dienone is 1. The van der Waals surface area contributed by atoms with Gasteiger partial charge in [-0.1, -0.05) is 66.1 Å². The molecule has 0 fully saturated rings. The SMILES string of the molecule is CCCN1C(=S)NC(c2ccc(Cl)cc2)C(c2nc(-c3ccccc3)no2)=C1C. The molecular formula is C22H21ClN4OS. The van der Waals surface area contributed by atoms with E-state index in [4.69, 9.17) is 33.3 Å². The van der Waals surface area contributed by atoms with E-state index < -0.39 is 0 Å². The topological polar surface area (TPSA) is 54.2 Å². The Morgan fingerprint density at radius 2 is 1.86 bits per heavy atom. The van der Waals surface area contributed by atoms with Gasteiger partial charge >= 0.3 is 0 Å². The van der Waals surface area contributed by atoms with Gasteiger partial charge in [-0.15, -0.1) is 0 Å². The molecule has 0 aliphatic carbocycles. The van der Waals surface area contributed by atoms with Crippen molar-refractivity contribution in [3.8, 4) is 11.4 Å². The molecule has 1 aliphatic rings. The normalized spacial score (nSPS) is 16.9. The van der Waals surface area contributed by atoms with Crippen LogP contribution in [0.1, 0.15) is 37.8 Å². The lowest BCUT2D eigenvalue weighted by Crippen LogP contribution is -2.46. The van der Waals surface area contributed by atoms with Gasteiger partial charge in [0, 0.05) is 22.8 Å². The molecule has 1 unspecified atom stereocenters. The molecule has 5 nitrogen and oxygen atoms in total. The zero-order valence-corrected chi connectivity index (χ0v) is 17.8. The quantitative estimate of drug-likeness (QED) is 0.548. The summed E-state index contributed by atoms with van der Waals surface area (Å²) >= 11 is 11.7. The Kier molecular flexibility index (Phi) is 5.65. The zero-order chi connectivity index (χ0) is 20.4. The van der Waals surface area contributed by atoms with Crippen LogP contribution in [-0.4, -0.2) is 26.7 Å². The minimum atomic E-state index is -0.197. The molecule has 0 amide bonds. The van der Waals surface area contributed by atoms with Crippen molar-refractivity contribution in [1.82, 2.24) is 20.4 Å². The van der Waals surface area contributed by atoms with E-state index in [2.05, 4.69) is 22.3 Å². The monoisotopic (exact) mass is 424 g/mol. The van der Waals surface area contributed by atoms with Gasteiger partial charge in [-0.2, -0.15) is 4.98 Å². The summed E-state index contributed by atoms with van der Waals surface area (Å²) in [6.45, 7) is 4.99. The summed E-state index contributed by atoms with van der Waals surface area (Å²) < 4.78 is 5.71. The Labute approximate surface area is 180 Å². The number of hydrogen-bond donors (Lipinski definition) is 1. The van der Waals surface area contributed by atoms with Crippen molar-refractivity contribution in [3.63, 3.8) is 0 Å². The number of benzene rings is 2. The summed E-state index contributed by atoms with van der Waals surface area (Å²) in [6, 6.07) is 17.3. The first kappa shape index (κ1) is 19.6. The number of halogens is 1. The molecule has 4 rings (SSSR count). The van der Waals surface area contributed by atoms with Gasteiger partial charge in [-0.05, 0) is 43.3 Å². The van der Waals surface area contributed by atoms with Gasteiger partial charge in [-0.3, -0.25) is 0 Å². The zero-order valence-electron chi connectivity index (χ0n) is 16.2. The maximum atomic E-state index is 6.09. The Morgan fingerprint density at radius 3 is 2.55 bits per heavy atom. The highest BCUT2D eigenvalue weighted by Crippen LogP contribution is 2.37. The van der Waals surface area contributed by atoms with E-state index in [0.717, 1.165) is 35.4 Å². The Balaban J connectivity index is 1.81. The molecule has 0 saturated carbocycles. The van der Waals surface area contributed by atoms with Crippen LogP contribution in [0.4, 0.5) is 0 Å². The minimum Gasteiger partial charge on any atom is -0.351 e. The number of aromatic nitrogens is 2. The summed E-state index contributed by atoms with van der Waals surface area (Å²) in [5.41, 5.74) is 3.87. The molecule has 2 aromatic carbocycles. The molecule has 7 heteroatoms. The van der Waals surface area contributed by atoms with E-state index >= 15 is 0 Å². The molecule has 3 aromatic rings. The molecule has 2 heterocycles. The third kappa shape index (κ3) is 3.91. The molecular weight excluding hydrogens is 404 g/mol. The van der Waals surface area contributed by atoms with Crippen LogP contribution in [0.3, 0.4) is 0 Å². The van der Waals surface area contributed by atoms with Crippen LogP contribution < -0.4 is 5.32 Å². The Morgan fingerprint density at radius 1 is 1.14 bits per heavy atom. The lowest BCUT2D eigenvalue weighted by Gasteiger charge is -2.37. The van der Waals surface area contributed by atoms with Crippen molar-refractivity contribution >= 4 is 34.5 Å². The van der Waals surface area contributed by atoms with Crippen LogP contribution >= 0.6 is 23.8 Å². The molecule has 148 valence electrons. The Hall–Kier alpha value is -2.70. The van der Waals surface area contributed by atoms with Crippen LogP contribution in [0.15, 0.2) is 64.8 Å². The summed E-state index contributed by atoms with van der Waals surface area (Å²) in [5.74, 6) is 1.04. The van der Waals surface area contributed by atoms with Crippen molar-refractivity contribution in [2.45, 2.75) is 26.3 Å². The van der Waals surface area contributed by atoms with Crippen molar-refractivity contribution in [3.05, 3.63) is 76.8 Å². The molecule has 0 saturated heterocycles. The fourth-order valence-corrected chi connectivity index (χ4v) is 3.97. The highest BCUT2D eigenvalue weighted by Gasteiger charge is 2.33. The second-order valence-corrected chi connectivity index (χ2v) is 7.70. The van der Waals surface area contributed by atoms with E-state index in [1.54, 1.807) is 0 Å². The van der Waals surface area contributed by atoms with Gasteiger partial charge in [-0.25, -0.2) is 0 Å². The van der Waals surface area contributed by atoms with E-state index in [-0.39, 0.29) is 6.04 Å². The summed E-state index contributed by atoms with van der Waals surface area (Å²) in [4.78, 5) is 6.78. The van der Waals surface area contributed by atoms with E-state index in [1.165, 1.54) is 0 Å². The first-order chi connectivity index (χ1) is 14.1. The third-order valence-electron chi connectivity index (χ3n) is 4.94. The van der Waals surface area contributed by atoms with E-state index in [9.17, 15) is 0 Å². The molecule has 1 N–H and O–H groups in total. The number of nitrogens with zero attached hydrogens (tertiary/aromatic N) is 3. The van der Waals surface area contributed by atoms with Crippen molar-refractivity contribution in [2.24, 2.45) is 0 Å². The smallest absolute Gasteiger partial charge is 0.258 e. The number of thiocarbonyl (C=S) groups is 1. The molecule has 0 spiro atoms. The van der Waals surface area contributed by atoms with Gasteiger partial charge in [0.25, 0.3) is 5.89 Å². The van der Waals surface area contributed by atoms with Gasteiger partial charge in [0.2, 0.25) is 5.82 Å². The average molecular weight is 425 g/mol. The van der Waals surface area contributed by atoms with Crippen LogP contribution in [0.25, 0.3) is 17.0 Å². The summed E-state index contributed by atoms with van der Waals surface area (Å²) in [5, 5.41) is 9.03. The third-order valence-corrected chi connectivity index (χ3v) is 5.53. The maximum Gasteiger partial charge on any atom is 0.258 e.